The van der Waals surface area contributed by atoms with Crippen LogP contribution in [0.1, 0.15) is 16.9 Å². The van der Waals surface area contributed by atoms with E-state index in [1.54, 1.807) is 24.1 Å². The molecule has 0 saturated carbocycles. The summed E-state index contributed by atoms with van der Waals surface area (Å²) in [5.74, 6) is -0.220. The van der Waals surface area contributed by atoms with Crippen molar-refractivity contribution in [3.63, 3.8) is 0 Å². The minimum atomic E-state index is -0.220. The molecule has 0 radical (unpaired) electrons. The number of carbonyl (C=O) groups excluding carboxylic acids is 1. The number of rotatable bonds is 6. The second-order valence-electron chi connectivity index (χ2n) is 3.67. The summed E-state index contributed by atoms with van der Waals surface area (Å²) < 4.78 is 4.94. The van der Waals surface area contributed by atoms with Crippen molar-refractivity contribution in [3.05, 3.63) is 24.0 Å². The molecule has 0 atom stereocenters. The van der Waals surface area contributed by atoms with Crippen molar-refractivity contribution >= 4 is 11.6 Å². The molecular weight excluding hydrogens is 232 g/mol. The summed E-state index contributed by atoms with van der Waals surface area (Å²) in [6.07, 6.45) is 1.72. The zero-order valence-electron chi connectivity index (χ0n) is 10.3. The van der Waals surface area contributed by atoms with E-state index in [0.717, 1.165) is 0 Å². The van der Waals surface area contributed by atoms with E-state index in [9.17, 15) is 4.79 Å². The van der Waals surface area contributed by atoms with Crippen molar-refractivity contribution < 1.29 is 9.53 Å². The highest BCUT2D eigenvalue weighted by Gasteiger charge is 2.16. The number of nitrogen functional groups attached to an aromatic ring is 1. The lowest BCUT2D eigenvalue weighted by Gasteiger charge is -2.20. The fraction of sp³-hybridized carbons (Fsp3) is 0.417. The lowest BCUT2D eigenvalue weighted by molar-refractivity contribution is 0.0694. The van der Waals surface area contributed by atoms with Gasteiger partial charge in [0.1, 0.15) is 5.69 Å². The number of nitrogens with two attached hydrogens (primary N) is 1. The Hall–Kier alpha value is -2.13. The van der Waals surface area contributed by atoms with Gasteiger partial charge in [-0.2, -0.15) is 5.26 Å². The molecule has 1 heterocycles. The summed E-state index contributed by atoms with van der Waals surface area (Å²) in [7, 11) is 1.56. The van der Waals surface area contributed by atoms with Crippen molar-refractivity contribution in [1.29, 1.82) is 5.26 Å². The number of aromatic nitrogens is 1. The first-order valence-corrected chi connectivity index (χ1v) is 5.55. The zero-order chi connectivity index (χ0) is 13.4. The Morgan fingerprint density at radius 1 is 1.56 bits per heavy atom. The number of hydrogen-bond donors (Lipinski definition) is 1. The normalized spacial score (nSPS) is 9.78. The van der Waals surface area contributed by atoms with Crippen molar-refractivity contribution in [3.8, 4) is 6.07 Å². The largest absolute Gasteiger partial charge is 0.397 e. The zero-order valence-corrected chi connectivity index (χ0v) is 10.3. The van der Waals surface area contributed by atoms with Gasteiger partial charge in [-0.25, -0.2) is 4.98 Å². The maximum atomic E-state index is 12.1. The molecule has 0 bridgehead atoms. The fourth-order valence-electron chi connectivity index (χ4n) is 1.40. The molecule has 1 aromatic rings. The minimum absolute atomic E-state index is 0.220. The van der Waals surface area contributed by atoms with Crippen LogP contribution in [0.2, 0.25) is 0 Å². The van der Waals surface area contributed by atoms with Crippen LogP contribution in [0, 0.1) is 11.3 Å². The number of pyridine rings is 1. The van der Waals surface area contributed by atoms with E-state index in [2.05, 4.69) is 4.98 Å². The van der Waals surface area contributed by atoms with Crippen LogP contribution in [0.25, 0.3) is 0 Å². The summed E-state index contributed by atoms with van der Waals surface area (Å²) in [5.41, 5.74) is 6.34. The maximum Gasteiger partial charge on any atom is 0.272 e. The summed E-state index contributed by atoms with van der Waals surface area (Å²) >= 11 is 0. The lowest BCUT2D eigenvalue weighted by atomic mass is 10.3. The Kier molecular flexibility index (Phi) is 5.61. The molecule has 0 saturated heterocycles. The lowest BCUT2D eigenvalue weighted by Crippen LogP contribution is -2.35. The van der Waals surface area contributed by atoms with Gasteiger partial charge in [0.25, 0.3) is 5.91 Å². The minimum Gasteiger partial charge on any atom is -0.397 e. The SMILES string of the molecule is COCCN(CCC#N)C(=O)c1ccc(N)cn1. The van der Waals surface area contributed by atoms with Crippen molar-refractivity contribution in [2.24, 2.45) is 0 Å². The van der Waals surface area contributed by atoms with E-state index in [4.69, 9.17) is 15.7 Å². The van der Waals surface area contributed by atoms with Gasteiger partial charge in [0.15, 0.2) is 0 Å². The molecule has 1 rings (SSSR count). The monoisotopic (exact) mass is 248 g/mol. The topological polar surface area (TPSA) is 92.2 Å². The van der Waals surface area contributed by atoms with Gasteiger partial charge in [-0.15, -0.1) is 0 Å². The number of hydrogen-bond acceptors (Lipinski definition) is 5. The summed E-state index contributed by atoms with van der Waals surface area (Å²) in [6.45, 7) is 1.22. The Balaban J connectivity index is 2.74. The standard InChI is InChI=1S/C12H16N4O2/c1-18-8-7-16(6-2-5-13)12(17)11-4-3-10(14)9-15-11/h3-4,9H,2,6-8,14H2,1H3. The number of amides is 1. The molecule has 1 aromatic heterocycles. The van der Waals surface area contributed by atoms with E-state index >= 15 is 0 Å². The number of nitrogens with zero attached hydrogens (tertiary/aromatic N) is 3. The van der Waals surface area contributed by atoms with Crippen LogP contribution in [0.5, 0.6) is 0 Å². The first-order chi connectivity index (χ1) is 8.69. The number of nitriles is 1. The van der Waals surface area contributed by atoms with Gasteiger partial charge in [-0.3, -0.25) is 4.79 Å². The van der Waals surface area contributed by atoms with Gasteiger partial charge < -0.3 is 15.4 Å². The third kappa shape index (κ3) is 4.03. The first-order valence-electron chi connectivity index (χ1n) is 5.55. The molecule has 6 nitrogen and oxygen atoms in total. The Morgan fingerprint density at radius 2 is 2.33 bits per heavy atom. The van der Waals surface area contributed by atoms with E-state index in [0.29, 0.717) is 31.1 Å². The molecule has 0 aromatic carbocycles. The first kappa shape index (κ1) is 13.9. The fourth-order valence-corrected chi connectivity index (χ4v) is 1.40. The van der Waals surface area contributed by atoms with Crippen molar-refractivity contribution in [2.45, 2.75) is 6.42 Å². The van der Waals surface area contributed by atoms with Crippen LogP contribution in [0.15, 0.2) is 18.3 Å². The molecule has 6 heteroatoms. The van der Waals surface area contributed by atoms with Crippen LogP contribution >= 0.6 is 0 Å². The Bertz CT molecular complexity index is 425. The summed E-state index contributed by atoms with van der Waals surface area (Å²) in [4.78, 5) is 17.6. The van der Waals surface area contributed by atoms with Crippen LogP contribution in [-0.2, 0) is 4.74 Å². The number of anilines is 1. The third-order valence-electron chi connectivity index (χ3n) is 2.35. The van der Waals surface area contributed by atoms with Crippen LogP contribution < -0.4 is 5.73 Å². The Labute approximate surface area is 106 Å². The van der Waals surface area contributed by atoms with Crippen LogP contribution in [0.4, 0.5) is 5.69 Å². The van der Waals surface area contributed by atoms with Crippen LogP contribution in [0.3, 0.4) is 0 Å². The highest BCUT2D eigenvalue weighted by Crippen LogP contribution is 2.05. The predicted molar refractivity (Wildman–Crippen MR) is 66.7 cm³/mol. The highest BCUT2D eigenvalue weighted by atomic mass is 16.5. The second-order valence-corrected chi connectivity index (χ2v) is 3.67. The van der Waals surface area contributed by atoms with Crippen molar-refractivity contribution in [2.75, 3.05) is 32.5 Å². The molecule has 18 heavy (non-hydrogen) atoms. The molecule has 0 fully saturated rings. The van der Waals surface area contributed by atoms with E-state index in [1.165, 1.54) is 6.20 Å². The van der Waals surface area contributed by atoms with Gasteiger partial charge >= 0.3 is 0 Å². The van der Waals surface area contributed by atoms with Gasteiger partial charge in [0, 0.05) is 20.2 Å². The molecule has 0 unspecified atom stereocenters. The van der Waals surface area contributed by atoms with Gasteiger partial charge in [0.05, 0.1) is 31.0 Å². The van der Waals surface area contributed by atoms with E-state index in [-0.39, 0.29) is 12.3 Å². The van der Waals surface area contributed by atoms with E-state index in [1.807, 2.05) is 6.07 Å². The number of methoxy groups -OCH3 is 1. The van der Waals surface area contributed by atoms with Gasteiger partial charge in [0.2, 0.25) is 0 Å². The van der Waals surface area contributed by atoms with E-state index < -0.39 is 0 Å². The average molecular weight is 248 g/mol. The maximum absolute atomic E-state index is 12.1. The smallest absolute Gasteiger partial charge is 0.272 e. The quantitative estimate of drug-likeness (QED) is 0.798. The molecular formula is C12H16N4O2. The molecule has 1 amide bonds. The highest BCUT2D eigenvalue weighted by molar-refractivity contribution is 5.92. The second kappa shape index (κ2) is 7.25. The predicted octanol–water partition coefficient (Wildman–Crippen LogP) is 0.666. The van der Waals surface area contributed by atoms with Gasteiger partial charge in [-0.05, 0) is 12.1 Å². The average Bonchev–Trinajstić information content (AvgIpc) is 2.39. The molecule has 0 spiro atoms. The third-order valence-corrected chi connectivity index (χ3v) is 2.35. The molecule has 96 valence electrons. The Morgan fingerprint density at radius 3 is 2.89 bits per heavy atom. The van der Waals surface area contributed by atoms with Gasteiger partial charge in [-0.1, -0.05) is 0 Å². The van der Waals surface area contributed by atoms with Crippen molar-refractivity contribution in [1.82, 2.24) is 9.88 Å². The molecule has 0 aliphatic heterocycles. The molecule has 2 N–H and O–H groups in total. The molecule has 0 aliphatic carbocycles. The number of carbonyl (C=O) groups is 1. The van der Waals surface area contributed by atoms with Crippen LogP contribution in [-0.4, -0.2) is 42.6 Å². The summed E-state index contributed by atoms with van der Waals surface area (Å²) in [5, 5.41) is 8.58. The molecule has 0 aliphatic rings. The summed E-state index contributed by atoms with van der Waals surface area (Å²) in [6, 6.07) is 5.21. The number of ether oxygens (including phenoxy) is 1.